The van der Waals surface area contributed by atoms with E-state index in [9.17, 15) is 9.59 Å². The summed E-state index contributed by atoms with van der Waals surface area (Å²) in [5, 5.41) is 11.6. The van der Waals surface area contributed by atoms with Crippen molar-refractivity contribution in [3.05, 3.63) is 0 Å². The third-order valence-corrected chi connectivity index (χ3v) is 2.91. The molecule has 0 bridgehead atoms. The van der Waals surface area contributed by atoms with Gasteiger partial charge in [-0.05, 0) is 13.3 Å². The van der Waals surface area contributed by atoms with E-state index in [2.05, 4.69) is 5.32 Å². The van der Waals surface area contributed by atoms with Gasteiger partial charge in [-0.1, -0.05) is 13.3 Å². The SMILES string of the molecule is CCCC(CC(=O)O)NC(=O)N1CCOC(C)C1. The number of amides is 2. The molecule has 1 aliphatic heterocycles. The fourth-order valence-corrected chi connectivity index (χ4v) is 2.05. The van der Waals surface area contributed by atoms with E-state index in [1.165, 1.54) is 0 Å². The van der Waals surface area contributed by atoms with Gasteiger partial charge in [-0.15, -0.1) is 0 Å². The van der Waals surface area contributed by atoms with Gasteiger partial charge in [0.05, 0.1) is 19.1 Å². The molecule has 18 heavy (non-hydrogen) atoms. The van der Waals surface area contributed by atoms with Crippen LogP contribution < -0.4 is 5.32 Å². The maximum atomic E-state index is 12.0. The molecular formula is C12H22N2O4. The van der Waals surface area contributed by atoms with Crippen LogP contribution in [0.4, 0.5) is 4.79 Å². The molecule has 0 aromatic heterocycles. The van der Waals surface area contributed by atoms with Gasteiger partial charge in [0.15, 0.2) is 0 Å². The number of morpholine rings is 1. The van der Waals surface area contributed by atoms with Crippen molar-refractivity contribution in [1.29, 1.82) is 0 Å². The van der Waals surface area contributed by atoms with E-state index in [0.717, 1.165) is 6.42 Å². The molecule has 0 spiro atoms. The summed E-state index contributed by atoms with van der Waals surface area (Å²) in [6.45, 7) is 5.53. The number of carbonyl (C=O) groups is 2. The van der Waals surface area contributed by atoms with Crippen LogP contribution in [0.5, 0.6) is 0 Å². The van der Waals surface area contributed by atoms with Crippen LogP contribution in [0.2, 0.25) is 0 Å². The summed E-state index contributed by atoms with van der Waals surface area (Å²) in [6.07, 6.45) is 1.53. The molecule has 2 unspecified atom stereocenters. The summed E-state index contributed by atoms with van der Waals surface area (Å²) in [5.41, 5.74) is 0. The molecule has 0 aliphatic carbocycles. The van der Waals surface area contributed by atoms with Crippen molar-refractivity contribution in [1.82, 2.24) is 10.2 Å². The smallest absolute Gasteiger partial charge is 0.317 e. The van der Waals surface area contributed by atoms with Gasteiger partial charge in [-0.2, -0.15) is 0 Å². The van der Waals surface area contributed by atoms with Crippen molar-refractivity contribution >= 4 is 12.0 Å². The molecule has 1 rings (SSSR count). The predicted molar refractivity (Wildman–Crippen MR) is 66.5 cm³/mol. The van der Waals surface area contributed by atoms with Gasteiger partial charge in [0.2, 0.25) is 0 Å². The summed E-state index contributed by atoms with van der Waals surface area (Å²) in [5.74, 6) is -0.885. The lowest BCUT2D eigenvalue weighted by Crippen LogP contribution is -2.51. The Morgan fingerprint density at radius 3 is 2.83 bits per heavy atom. The average Bonchev–Trinajstić information content (AvgIpc) is 2.28. The summed E-state index contributed by atoms with van der Waals surface area (Å²) < 4.78 is 5.36. The molecule has 0 aromatic carbocycles. The van der Waals surface area contributed by atoms with Crippen molar-refractivity contribution in [2.24, 2.45) is 0 Å². The van der Waals surface area contributed by atoms with Gasteiger partial charge in [0.1, 0.15) is 0 Å². The summed E-state index contributed by atoms with van der Waals surface area (Å²) in [7, 11) is 0. The highest BCUT2D eigenvalue weighted by Gasteiger charge is 2.23. The molecule has 1 aliphatic rings. The second-order valence-electron chi connectivity index (χ2n) is 4.66. The zero-order valence-corrected chi connectivity index (χ0v) is 11.0. The van der Waals surface area contributed by atoms with E-state index in [1.807, 2.05) is 13.8 Å². The minimum absolute atomic E-state index is 0.0283. The van der Waals surface area contributed by atoms with Crippen LogP contribution in [-0.4, -0.2) is 53.8 Å². The van der Waals surface area contributed by atoms with E-state index in [1.54, 1.807) is 4.90 Å². The highest BCUT2D eigenvalue weighted by molar-refractivity contribution is 5.76. The number of ether oxygens (including phenoxy) is 1. The lowest BCUT2D eigenvalue weighted by molar-refractivity contribution is -0.137. The second-order valence-corrected chi connectivity index (χ2v) is 4.66. The Labute approximate surface area is 107 Å². The maximum absolute atomic E-state index is 12.0. The number of nitrogens with one attached hydrogen (secondary N) is 1. The quantitative estimate of drug-likeness (QED) is 0.773. The zero-order valence-electron chi connectivity index (χ0n) is 11.0. The number of nitrogens with zero attached hydrogens (tertiary/aromatic N) is 1. The number of carbonyl (C=O) groups excluding carboxylic acids is 1. The third-order valence-electron chi connectivity index (χ3n) is 2.91. The summed E-state index contributed by atoms with van der Waals surface area (Å²) >= 11 is 0. The van der Waals surface area contributed by atoms with Crippen LogP contribution in [0, 0.1) is 0 Å². The topological polar surface area (TPSA) is 78.9 Å². The molecule has 0 saturated carbocycles. The minimum atomic E-state index is -0.885. The lowest BCUT2D eigenvalue weighted by Gasteiger charge is -2.32. The van der Waals surface area contributed by atoms with Crippen molar-refractivity contribution < 1.29 is 19.4 Å². The summed E-state index contributed by atoms with van der Waals surface area (Å²) in [4.78, 5) is 24.4. The first-order valence-electron chi connectivity index (χ1n) is 6.41. The first-order chi connectivity index (χ1) is 8.52. The van der Waals surface area contributed by atoms with E-state index < -0.39 is 5.97 Å². The largest absolute Gasteiger partial charge is 0.481 e. The first-order valence-corrected chi connectivity index (χ1v) is 6.41. The molecule has 0 radical (unpaired) electrons. The average molecular weight is 258 g/mol. The fraction of sp³-hybridized carbons (Fsp3) is 0.833. The molecule has 1 heterocycles. The van der Waals surface area contributed by atoms with Crippen molar-refractivity contribution in [3.8, 4) is 0 Å². The van der Waals surface area contributed by atoms with Crippen LogP contribution in [0.3, 0.4) is 0 Å². The number of hydrogen-bond acceptors (Lipinski definition) is 3. The fourth-order valence-electron chi connectivity index (χ4n) is 2.05. The Bertz CT molecular complexity index is 296. The van der Waals surface area contributed by atoms with E-state index in [0.29, 0.717) is 26.1 Å². The van der Waals surface area contributed by atoms with Gasteiger partial charge < -0.3 is 20.1 Å². The Morgan fingerprint density at radius 2 is 2.28 bits per heavy atom. The van der Waals surface area contributed by atoms with Crippen LogP contribution in [0.15, 0.2) is 0 Å². The van der Waals surface area contributed by atoms with E-state index in [-0.39, 0.29) is 24.6 Å². The molecule has 104 valence electrons. The van der Waals surface area contributed by atoms with Crippen molar-refractivity contribution in [2.45, 2.75) is 45.3 Å². The van der Waals surface area contributed by atoms with Crippen LogP contribution in [0.1, 0.15) is 33.1 Å². The number of urea groups is 1. The lowest BCUT2D eigenvalue weighted by atomic mass is 10.1. The van der Waals surface area contributed by atoms with E-state index >= 15 is 0 Å². The molecule has 6 heteroatoms. The Hall–Kier alpha value is -1.30. The van der Waals surface area contributed by atoms with Gasteiger partial charge in [0, 0.05) is 19.1 Å². The second kappa shape index (κ2) is 7.20. The van der Waals surface area contributed by atoms with E-state index in [4.69, 9.17) is 9.84 Å². The minimum Gasteiger partial charge on any atom is -0.481 e. The molecule has 0 aromatic rings. The van der Waals surface area contributed by atoms with Crippen LogP contribution in [0.25, 0.3) is 0 Å². The predicted octanol–water partition coefficient (Wildman–Crippen LogP) is 1.06. The highest BCUT2D eigenvalue weighted by atomic mass is 16.5. The number of carboxylic acid groups (broad SMARTS) is 1. The van der Waals surface area contributed by atoms with Crippen molar-refractivity contribution in [3.63, 3.8) is 0 Å². The third kappa shape index (κ3) is 4.91. The first kappa shape index (κ1) is 14.8. The van der Waals surface area contributed by atoms with Crippen molar-refractivity contribution in [2.75, 3.05) is 19.7 Å². The normalized spacial score (nSPS) is 21.4. The maximum Gasteiger partial charge on any atom is 0.317 e. The standard InChI is InChI=1S/C12H22N2O4/c1-3-4-10(7-11(15)16)13-12(17)14-5-6-18-9(2)8-14/h9-10H,3-8H2,1-2H3,(H,13,17)(H,15,16). The Kier molecular flexibility index (Phi) is 5.91. The number of hydrogen-bond donors (Lipinski definition) is 2. The molecule has 2 N–H and O–H groups in total. The number of rotatable bonds is 5. The molecule has 1 saturated heterocycles. The molecule has 2 atom stereocenters. The monoisotopic (exact) mass is 258 g/mol. The number of aliphatic carboxylic acids is 1. The van der Waals surface area contributed by atoms with Gasteiger partial charge in [0.25, 0.3) is 0 Å². The Balaban J connectivity index is 2.46. The van der Waals surface area contributed by atoms with Gasteiger partial charge in [-0.25, -0.2) is 4.79 Å². The molecule has 2 amide bonds. The molecular weight excluding hydrogens is 236 g/mol. The van der Waals surface area contributed by atoms with Gasteiger partial charge in [-0.3, -0.25) is 4.79 Å². The molecule has 1 fully saturated rings. The van der Waals surface area contributed by atoms with Gasteiger partial charge >= 0.3 is 12.0 Å². The molecule has 6 nitrogen and oxygen atoms in total. The zero-order chi connectivity index (χ0) is 13.5. The van der Waals surface area contributed by atoms with Crippen LogP contribution in [-0.2, 0) is 9.53 Å². The summed E-state index contributed by atoms with van der Waals surface area (Å²) in [6, 6.07) is -0.483. The number of carboxylic acids is 1. The Morgan fingerprint density at radius 1 is 1.56 bits per heavy atom. The van der Waals surface area contributed by atoms with Crippen LogP contribution >= 0.6 is 0 Å². The highest BCUT2D eigenvalue weighted by Crippen LogP contribution is 2.07.